The molecular weight excluding hydrogens is 258 g/mol. The van der Waals surface area contributed by atoms with Gasteiger partial charge in [-0.15, -0.1) is 0 Å². The molecule has 0 aliphatic carbocycles. The van der Waals surface area contributed by atoms with Gasteiger partial charge in [-0.3, -0.25) is 4.79 Å². The second kappa shape index (κ2) is 5.85. The SMILES string of the molecule is COCC1CCN(C(=O)C(Br)C(C)C)C1. The molecule has 1 heterocycles. The summed E-state index contributed by atoms with van der Waals surface area (Å²) >= 11 is 3.45. The number of hydrogen-bond acceptors (Lipinski definition) is 2. The Hall–Kier alpha value is -0.0900. The first-order valence-electron chi connectivity index (χ1n) is 5.48. The number of nitrogens with zero attached hydrogens (tertiary/aromatic N) is 1. The van der Waals surface area contributed by atoms with Crippen LogP contribution in [0.4, 0.5) is 0 Å². The van der Waals surface area contributed by atoms with Gasteiger partial charge in [-0.2, -0.15) is 0 Å². The second-order valence-electron chi connectivity index (χ2n) is 4.54. The van der Waals surface area contributed by atoms with Crippen molar-refractivity contribution >= 4 is 21.8 Å². The van der Waals surface area contributed by atoms with E-state index in [0.29, 0.717) is 11.8 Å². The van der Waals surface area contributed by atoms with Gasteiger partial charge >= 0.3 is 0 Å². The average molecular weight is 278 g/mol. The van der Waals surface area contributed by atoms with Crippen molar-refractivity contribution in [3.8, 4) is 0 Å². The Morgan fingerprint density at radius 1 is 1.60 bits per heavy atom. The number of methoxy groups -OCH3 is 1. The molecule has 15 heavy (non-hydrogen) atoms. The monoisotopic (exact) mass is 277 g/mol. The summed E-state index contributed by atoms with van der Waals surface area (Å²) in [5, 5.41) is 0. The van der Waals surface area contributed by atoms with E-state index in [-0.39, 0.29) is 10.7 Å². The van der Waals surface area contributed by atoms with Crippen LogP contribution in [0.5, 0.6) is 0 Å². The molecule has 0 bridgehead atoms. The zero-order chi connectivity index (χ0) is 11.4. The molecule has 1 fully saturated rings. The topological polar surface area (TPSA) is 29.5 Å². The first-order chi connectivity index (χ1) is 7.06. The van der Waals surface area contributed by atoms with Crippen LogP contribution in [0.3, 0.4) is 0 Å². The van der Waals surface area contributed by atoms with Crippen molar-refractivity contribution in [2.24, 2.45) is 11.8 Å². The Bertz CT molecular complexity index is 221. The molecule has 1 aliphatic heterocycles. The summed E-state index contributed by atoms with van der Waals surface area (Å²) in [6, 6.07) is 0. The van der Waals surface area contributed by atoms with E-state index >= 15 is 0 Å². The fourth-order valence-corrected chi connectivity index (χ4v) is 2.15. The maximum Gasteiger partial charge on any atom is 0.236 e. The van der Waals surface area contributed by atoms with E-state index in [4.69, 9.17) is 4.74 Å². The number of hydrogen-bond donors (Lipinski definition) is 0. The third-order valence-corrected chi connectivity index (χ3v) is 4.27. The zero-order valence-corrected chi connectivity index (χ0v) is 11.3. The Balaban J connectivity index is 2.43. The molecule has 88 valence electrons. The smallest absolute Gasteiger partial charge is 0.236 e. The minimum absolute atomic E-state index is 0.0428. The highest BCUT2D eigenvalue weighted by Gasteiger charge is 2.30. The summed E-state index contributed by atoms with van der Waals surface area (Å²) < 4.78 is 5.11. The molecule has 2 unspecified atom stereocenters. The van der Waals surface area contributed by atoms with Crippen LogP contribution in [0.25, 0.3) is 0 Å². The van der Waals surface area contributed by atoms with Gasteiger partial charge in [0.25, 0.3) is 0 Å². The molecule has 0 saturated carbocycles. The number of halogens is 1. The third kappa shape index (κ3) is 3.45. The molecule has 4 heteroatoms. The molecule has 3 nitrogen and oxygen atoms in total. The van der Waals surface area contributed by atoms with Crippen LogP contribution in [-0.2, 0) is 9.53 Å². The lowest BCUT2D eigenvalue weighted by Crippen LogP contribution is -2.37. The van der Waals surface area contributed by atoms with Crippen molar-refractivity contribution < 1.29 is 9.53 Å². The van der Waals surface area contributed by atoms with Crippen LogP contribution in [0, 0.1) is 11.8 Å². The highest BCUT2D eigenvalue weighted by molar-refractivity contribution is 9.10. The van der Waals surface area contributed by atoms with Gasteiger partial charge in [-0.25, -0.2) is 0 Å². The molecule has 0 aromatic rings. The molecule has 2 atom stereocenters. The number of carbonyl (C=O) groups excluding carboxylic acids is 1. The van der Waals surface area contributed by atoms with Crippen molar-refractivity contribution in [3.63, 3.8) is 0 Å². The molecule has 0 spiro atoms. The first kappa shape index (κ1) is 13.0. The van der Waals surface area contributed by atoms with E-state index in [2.05, 4.69) is 29.8 Å². The van der Waals surface area contributed by atoms with Crippen LogP contribution >= 0.6 is 15.9 Å². The van der Waals surface area contributed by atoms with Crippen LogP contribution in [0.2, 0.25) is 0 Å². The van der Waals surface area contributed by atoms with Crippen molar-refractivity contribution in [1.29, 1.82) is 0 Å². The Kier molecular flexibility index (Phi) is 5.06. The number of alkyl halides is 1. The van der Waals surface area contributed by atoms with Gasteiger partial charge in [0.1, 0.15) is 0 Å². The predicted molar refractivity (Wildman–Crippen MR) is 64.1 cm³/mol. The Labute approximate surface area is 100 Å². The maximum atomic E-state index is 12.0. The van der Waals surface area contributed by atoms with Crippen molar-refractivity contribution in [1.82, 2.24) is 4.90 Å². The summed E-state index contributed by atoms with van der Waals surface area (Å²) in [6.45, 7) is 6.60. The molecule has 0 aromatic carbocycles. The first-order valence-corrected chi connectivity index (χ1v) is 6.39. The Morgan fingerprint density at radius 3 is 2.80 bits per heavy atom. The molecular formula is C11H20BrNO2. The number of amides is 1. The fraction of sp³-hybridized carbons (Fsp3) is 0.909. The predicted octanol–water partition coefficient (Wildman–Crippen LogP) is 1.90. The van der Waals surface area contributed by atoms with Gasteiger partial charge in [0.15, 0.2) is 0 Å². The lowest BCUT2D eigenvalue weighted by molar-refractivity contribution is -0.130. The van der Waals surface area contributed by atoms with E-state index in [0.717, 1.165) is 26.1 Å². The van der Waals surface area contributed by atoms with Gasteiger partial charge in [0.2, 0.25) is 5.91 Å². The maximum absolute atomic E-state index is 12.0. The standard InChI is InChI=1S/C11H20BrNO2/c1-8(2)10(12)11(14)13-5-4-9(6-13)7-15-3/h8-10H,4-7H2,1-3H3. The fourth-order valence-electron chi connectivity index (χ4n) is 1.86. The number of likely N-dealkylation sites (tertiary alicyclic amines) is 1. The molecule has 1 rings (SSSR count). The molecule has 1 amide bonds. The van der Waals surface area contributed by atoms with Gasteiger partial charge < -0.3 is 9.64 Å². The van der Waals surface area contributed by atoms with E-state index in [1.165, 1.54) is 0 Å². The highest BCUT2D eigenvalue weighted by Crippen LogP contribution is 2.21. The van der Waals surface area contributed by atoms with Gasteiger partial charge in [-0.05, 0) is 12.3 Å². The molecule has 0 aromatic heterocycles. The van der Waals surface area contributed by atoms with Crippen LogP contribution in [0.15, 0.2) is 0 Å². The summed E-state index contributed by atoms with van der Waals surface area (Å²) in [5.74, 6) is 1.09. The van der Waals surface area contributed by atoms with E-state index < -0.39 is 0 Å². The minimum Gasteiger partial charge on any atom is -0.384 e. The molecule has 0 radical (unpaired) electrons. The number of rotatable bonds is 4. The quantitative estimate of drug-likeness (QED) is 0.735. The Morgan fingerprint density at radius 2 is 2.27 bits per heavy atom. The largest absolute Gasteiger partial charge is 0.384 e. The van der Waals surface area contributed by atoms with Crippen molar-refractivity contribution in [2.75, 3.05) is 26.8 Å². The third-order valence-electron chi connectivity index (χ3n) is 2.82. The molecule has 0 N–H and O–H groups in total. The van der Waals surface area contributed by atoms with Crippen LogP contribution in [-0.4, -0.2) is 42.4 Å². The second-order valence-corrected chi connectivity index (χ2v) is 5.53. The summed E-state index contributed by atoms with van der Waals surface area (Å²) in [4.78, 5) is 13.9. The normalized spacial score (nSPS) is 23.5. The molecule has 1 aliphatic rings. The average Bonchev–Trinajstić information content (AvgIpc) is 2.64. The lowest BCUT2D eigenvalue weighted by atomic mass is 10.1. The van der Waals surface area contributed by atoms with Crippen molar-refractivity contribution in [3.05, 3.63) is 0 Å². The number of ether oxygens (including phenoxy) is 1. The zero-order valence-electron chi connectivity index (χ0n) is 9.70. The van der Waals surface area contributed by atoms with Gasteiger partial charge in [0, 0.05) is 26.1 Å². The van der Waals surface area contributed by atoms with E-state index in [1.54, 1.807) is 7.11 Å². The summed E-state index contributed by atoms with van der Waals surface area (Å²) in [6.07, 6.45) is 1.07. The van der Waals surface area contributed by atoms with E-state index in [9.17, 15) is 4.79 Å². The van der Waals surface area contributed by atoms with Crippen LogP contribution < -0.4 is 0 Å². The lowest BCUT2D eigenvalue weighted by Gasteiger charge is -2.22. The summed E-state index contributed by atoms with van der Waals surface area (Å²) in [7, 11) is 1.71. The minimum atomic E-state index is -0.0428. The van der Waals surface area contributed by atoms with Gasteiger partial charge in [-0.1, -0.05) is 29.8 Å². The number of carbonyl (C=O) groups is 1. The van der Waals surface area contributed by atoms with Gasteiger partial charge in [0.05, 0.1) is 11.4 Å². The van der Waals surface area contributed by atoms with Crippen LogP contribution in [0.1, 0.15) is 20.3 Å². The van der Waals surface area contributed by atoms with Crippen molar-refractivity contribution in [2.45, 2.75) is 25.1 Å². The van der Waals surface area contributed by atoms with E-state index in [1.807, 2.05) is 4.90 Å². The summed E-state index contributed by atoms with van der Waals surface area (Å²) in [5.41, 5.74) is 0. The highest BCUT2D eigenvalue weighted by atomic mass is 79.9. The molecule has 1 saturated heterocycles.